The molecule has 0 aliphatic heterocycles. The summed E-state index contributed by atoms with van der Waals surface area (Å²) < 4.78 is 19.3. The highest BCUT2D eigenvalue weighted by atomic mass is 35.5. The number of nitrogen functional groups attached to an aromatic ring is 1. The maximum absolute atomic E-state index is 13.6. The van der Waals surface area contributed by atoms with Gasteiger partial charge in [-0.1, -0.05) is 35.9 Å². The molecule has 162 valence electrons. The Kier molecular flexibility index (Phi) is 6.32. The molecule has 0 fully saturated rings. The molecular weight excluding hydrogens is 433 g/mol. The lowest BCUT2D eigenvalue weighted by atomic mass is 10.1. The summed E-state index contributed by atoms with van der Waals surface area (Å²) in [4.78, 5) is 20.5. The molecule has 3 aromatic carbocycles. The number of rotatable bonds is 6. The van der Waals surface area contributed by atoms with E-state index in [1.807, 2.05) is 18.2 Å². The predicted molar refractivity (Wildman–Crippen MR) is 123 cm³/mol. The quantitative estimate of drug-likeness (QED) is 0.363. The zero-order valence-electron chi connectivity index (χ0n) is 16.8. The van der Waals surface area contributed by atoms with Crippen molar-refractivity contribution in [2.24, 2.45) is 0 Å². The molecule has 4 rings (SSSR count). The number of nitrogens with two attached hydrogens (primary N) is 1. The molecule has 1 heterocycles. The molecule has 0 unspecified atom stereocenters. The van der Waals surface area contributed by atoms with Crippen LogP contribution in [0.25, 0.3) is 22.2 Å². The number of carbonyl (C=O) groups is 1. The molecule has 0 atom stereocenters. The number of nitrogens with one attached hydrogen (secondary N) is 2. The summed E-state index contributed by atoms with van der Waals surface area (Å²) in [5.74, 6) is 0.243. The van der Waals surface area contributed by atoms with Crippen LogP contribution in [0.4, 0.5) is 20.8 Å². The second-order valence-corrected chi connectivity index (χ2v) is 7.27. The van der Waals surface area contributed by atoms with E-state index in [0.717, 1.165) is 10.9 Å². The van der Waals surface area contributed by atoms with Crippen molar-refractivity contribution in [3.63, 3.8) is 0 Å². The van der Waals surface area contributed by atoms with Gasteiger partial charge in [-0.15, -0.1) is 0 Å². The first-order valence-corrected chi connectivity index (χ1v) is 10.1. The van der Waals surface area contributed by atoms with Crippen LogP contribution in [0.3, 0.4) is 0 Å². The van der Waals surface area contributed by atoms with Crippen molar-refractivity contribution in [2.45, 2.75) is 0 Å². The maximum atomic E-state index is 13.6. The number of hydrogen-bond acceptors (Lipinski definition) is 5. The maximum Gasteiger partial charge on any atom is 0.319 e. The van der Waals surface area contributed by atoms with E-state index in [0.29, 0.717) is 22.0 Å². The summed E-state index contributed by atoms with van der Waals surface area (Å²) in [6.45, 7) is 0.441. The van der Waals surface area contributed by atoms with Crippen molar-refractivity contribution in [1.82, 2.24) is 15.3 Å². The number of hydrogen-bond donors (Lipinski definition) is 3. The Morgan fingerprint density at radius 1 is 1.06 bits per heavy atom. The molecule has 32 heavy (non-hydrogen) atoms. The zero-order chi connectivity index (χ0) is 22.5. The van der Waals surface area contributed by atoms with Gasteiger partial charge in [0.05, 0.1) is 23.4 Å². The van der Waals surface area contributed by atoms with Gasteiger partial charge in [0.15, 0.2) is 0 Å². The normalized spacial score (nSPS) is 10.7. The Morgan fingerprint density at radius 3 is 2.75 bits per heavy atom. The minimum absolute atomic E-state index is 0.107. The average Bonchev–Trinajstić information content (AvgIpc) is 2.78. The first kappa shape index (κ1) is 21.3. The topological polar surface area (TPSA) is 102 Å². The molecule has 4 aromatic rings. The van der Waals surface area contributed by atoms with E-state index < -0.39 is 11.8 Å². The Balaban J connectivity index is 1.40. The van der Waals surface area contributed by atoms with Gasteiger partial charge in [0.1, 0.15) is 18.2 Å². The Labute approximate surface area is 188 Å². The van der Waals surface area contributed by atoms with Crippen LogP contribution in [0.1, 0.15) is 0 Å². The predicted octanol–water partition coefficient (Wildman–Crippen LogP) is 4.87. The number of halogens is 2. The van der Waals surface area contributed by atoms with Crippen molar-refractivity contribution in [2.75, 3.05) is 24.2 Å². The van der Waals surface area contributed by atoms with Gasteiger partial charge >= 0.3 is 6.03 Å². The second-order valence-electron chi connectivity index (χ2n) is 6.83. The Bertz CT molecular complexity index is 1280. The summed E-state index contributed by atoms with van der Waals surface area (Å²) in [6, 6.07) is 18.1. The number of anilines is 2. The number of ether oxygens (including phenoxy) is 1. The summed E-state index contributed by atoms with van der Waals surface area (Å²) in [6.07, 6.45) is 0. The monoisotopic (exact) mass is 451 g/mol. The van der Waals surface area contributed by atoms with Crippen LogP contribution >= 0.6 is 11.6 Å². The first-order valence-electron chi connectivity index (χ1n) is 9.75. The summed E-state index contributed by atoms with van der Waals surface area (Å²) in [5, 5.41) is 6.41. The Hall–Kier alpha value is -3.91. The van der Waals surface area contributed by atoms with E-state index in [1.165, 1.54) is 12.1 Å². The van der Waals surface area contributed by atoms with Crippen LogP contribution in [0.15, 0.2) is 66.7 Å². The molecule has 0 aliphatic rings. The minimum Gasteiger partial charge on any atom is -0.492 e. The molecule has 0 bridgehead atoms. The third-order valence-corrected chi connectivity index (χ3v) is 4.80. The van der Waals surface area contributed by atoms with Crippen LogP contribution in [0.2, 0.25) is 5.02 Å². The highest BCUT2D eigenvalue weighted by Crippen LogP contribution is 2.30. The summed E-state index contributed by atoms with van der Waals surface area (Å²) in [5.41, 5.74) is 8.10. The SMILES string of the molecule is Nc1nc(-c2cccc(OCCNC(=O)Nc3ccccc3F)c2)c2cc(Cl)ccc2n1. The van der Waals surface area contributed by atoms with Crippen LogP contribution in [0.5, 0.6) is 5.75 Å². The summed E-state index contributed by atoms with van der Waals surface area (Å²) in [7, 11) is 0. The zero-order valence-corrected chi connectivity index (χ0v) is 17.6. The molecule has 4 N–H and O–H groups in total. The van der Waals surface area contributed by atoms with Crippen LogP contribution in [0, 0.1) is 5.82 Å². The Morgan fingerprint density at radius 2 is 1.91 bits per heavy atom. The smallest absolute Gasteiger partial charge is 0.319 e. The second kappa shape index (κ2) is 9.49. The van der Waals surface area contributed by atoms with E-state index >= 15 is 0 Å². The lowest BCUT2D eigenvalue weighted by Gasteiger charge is -2.11. The fraction of sp³-hybridized carbons (Fsp3) is 0.0870. The highest BCUT2D eigenvalue weighted by Gasteiger charge is 2.11. The molecule has 0 spiro atoms. The van der Waals surface area contributed by atoms with Crippen molar-refractivity contribution >= 4 is 40.2 Å². The van der Waals surface area contributed by atoms with Gasteiger partial charge in [0, 0.05) is 16.0 Å². The van der Waals surface area contributed by atoms with Gasteiger partial charge in [-0.05, 0) is 42.5 Å². The van der Waals surface area contributed by atoms with Crippen LogP contribution in [-0.4, -0.2) is 29.2 Å². The van der Waals surface area contributed by atoms with Gasteiger partial charge in [0.25, 0.3) is 0 Å². The molecule has 9 heteroatoms. The number of fused-ring (bicyclic) bond motifs is 1. The molecule has 0 radical (unpaired) electrons. The number of nitrogens with zero attached hydrogens (tertiary/aromatic N) is 2. The number of aromatic nitrogens is 2. The van der Waals surface area contributed by atoms with Crippen molar-refractivity contribution in [3.8, 4) is 17.0 Å². The lowest BCUT2D eigenvalue weighted by Crippen LogP contribution is -2.32. The van der Waals surface area contributed by atoms with Gasteiger partial charge in [-0.3, -0.25) is 0 Å². The third kappa shape index (κ3) is 5.04. The van der Waals surface area contributed by atoms with Crippen molar-refractivity contribution in [3.05, 3.63) is 77.6 Å². The van der Waals surface area contributed by atoms with Crippen molar-refractivity contribution < 1.29 is 13.9 Å². The molecule has 0 aliphatic carbocycles. The van der Waals surface area contributed by atoms with Gasteiger partial charge in [-0.25, -0.2) is 19.2 Å². The van der Waals surface area contributed by atoms with Gasteiger partial charge in [0.2, 0.25) is 5.95 Å². The van der Waals surface area contributed by atoms with E-state index in [9.17, 15) is 9.18 Å². The molecular formula is C23H19ClFN5O2. The number of carbonyl (C=O) groups excluding carboxylic acids is 1. The molecule has 7 nitrogen and oxygen atoms in total. The number of urea groups is 1. The number of amides is 2. The number of benzene rings is 3. The molecule has 0 saturated heterocycles. The average molecular weight is 452 g/mol. The van der Waals surface area contributed by atoms with E-state index in [4.69, 9.17) is 22.1 Å². The van der Waals surface area contributed by atoms with Crippen LogP contribution < -0.4 is 21.1 Å². The minimum atomic E-state index is -0.521. The van der Waals surface area contributed by atoms with E-state index in [-0.39, 0.29) is 24.8 Å². The molecule has 1 aromatic heterocycles. The van der Waals surface area contributed by atoms with Gasteiger partial charge < -0.3 is 21.1 Å². The fourth-order valence-electron chi connectivity index (χ4n) is 3.13. The standard InChI is InChI=1S/C23H19ClFN5O2/c24-15-8-9-19-17(13-15)21(30-22(26)28-19)14-4-3-5-16(12-14)32-11-10-27-23(31)29-20-7-2-1-6-18(20)25/h1-9,12-13H,10-11H2,(H2,26,28,30)(H2,27,29,31). The van der Waals surface area contributed by atoms with Crippen molar-refractivity contribution in [1.29, 1.82) is 0 Å². The molecule has 0 saturated carbocycles. The van der Waals surface area contributed by atoms with Crippen LogP contribution in [-0.2, 0) is 0 Å². The highest BCUT2D eigenvalue weighted by molar-refractivity contribution is 6.31. The largest absolute Gasteiger partial charge is 0.492 e. The third-order valence-electron chi connectivity index (χ3n) is 4.56. The van der Waals surface area contributed by atoms with E-state index in [2.05, 4.69) is 20.6 Å². The number of para-hydroxylation sites is 1. The lowest BCUT2D eigenvalue weighted by molar-refractivity contribution is 0.247. The van der Waals surface area contributed by atoms with Gasteiger partial charge in [-0.2, -0.15) is 0 Å². The molecule has 2 amide bonds. The first-order chi connectivity index (χ1) is 15.5. The van der Waals surface area contributed by atoms with E-state index in [1.54, 1.807) is 36.4 Å². The summed E-state index contributed by atoms with van der Waals surface area (Å²) >= 11 is 6.15. The fourth-order valence-corrected chi connectivity index (χ4v) is 3.31.